The third-order valence-electron chi connectivity index (χ3n) is 6.28. The predicted molar refractivity (Wildman–Crippen MR) is 129 cm³/mol. The van der Waals surface area contributed by atoms with Gasteiger partial charge in [-0.05, 0) is 30.9 Å². The number of ether oxygens (including phenoxy) is 2. The maximum atomic E-state index is 12.5. The second kappa shape index (κ2) is 8.86. The number of carbonyl (C=O) groups is 2. The standard InChI is InChI=1S/C25H22N4O5S/c30-22-18(23-29(22)20(14-35-23)24(31)32)11-16-12-28-19-8-4-7-17(19)21(27-25(28)26-16)34-10-9-33-13-15-5-2-1-3-6-15/h1-3,5-6,11-12,14,23H,4,7-10,13H2,(H,31,32)/t23-/m1/s1. The molecule has 1 saturated heterocycles. The van der Waals surface area contributed by atoms with Gasteiger partial charge in [0, 0.05) is 22.9 Å². The van der Waals surface area contributed by atoms with Gasteiger partial charge in [0.25, 0.3) is 5.91 Å². The molecule has 1 atom stereocenters. The zero-order valence-electron chi connectivity index (χ0n) is 18.7. The van der Waals surface area contributed by atoms with Crippen LogP contribution in [0.25, 0.3) is 11.9 Å². The van der Waals surface area contributed by atoms with Gasteiger partial charge in [-0.2, -0.15) is 4.98 Å². The third-order valence-corrected chi connectivity index (χ3v) is 7.36. The van der Waals surface area contributed by atoms with Crippen molar-refractivity contribution in [3.05, 3.63) is 75.7 Å². The fourth-order valence-electron chi connectivity index (χ4n) is 4.62. The normalized spacial score (nSPS) is 19.6. The minimum absolute atomic E-state index is 0.0196. The van der Waals surface area contributed by atoms with Gasteiger partial charge in [-0.3, -0.25) is 14.1 Å². The maximum Gasteiger partial charge on any atom is 0.353 e. The van der Waals surface area contributed by atoms with Gasteiger partial charge in [-0.25, -0.2) is 9.78 Å². The number of carbonyl (C=O) groups excluding carboxylic acids is 1. The Balaban J connectivity index is 1.17. The largest absolute Gasteiger partial charge is 0.477 e. The van der Waals surface area contributed by atoms with Crippen molar-refractivity contribution in [3.8, 4) is 5.88 Å². The molecule has 0 saturated carbocycles. The summed E-state index contributed by atoms with van der Waals surface area (Å²) in [5.74, 6) is -0.295. The molecule has 6 rings (SSSR count). The minimum Gasteiger partial charge on any atom is -0.477 e. The van der Waals surface area contributed by atoms with E-state index in [0.717, 1.165) is 36.1 Å². The van der Waals surface area contributed by atoms with Crippen LogP contribution in [0.1, 0.15) is 28.9 Å². The van der Waals surface area contributed by atoms with Crippen molar-refractivity contribution >= 4 is 35.5 Å². The molecule has 1 aliphatic carbocycles. The first kappa shape index (κ1) is 21.9. The fourth-order valence-corrected chi connectivity index (χ4v) is 5.74. The van der Waals surface area contributed by atoms with Crippen LogP contribution in [-0.2, 0) is 33.8 Å². The van der Waals surface area contributed by atoms with E-state index in [1.807, 2.05) is 40.9 Å². The molecule has 3 aliphatic rings. The lowest BCUT2D eigenvalue weighted by Gasteiger charge is -2.36. The first-order valence-electron chi connectivity index (χ1n) is 11.4. The van der Waals surface area contributed by atoms with Gasteiger partial charge in [-0.1, -0.05) is 30.3 Å². The highest BCUT2D eigenvalue weighted by Crippen LogP contribution is 2.45. The topological polar surface area (TPSA) is 106 Å². The monoisotopic (exact) mass is 490 g/mol. The highest BCUT2D eigenvalue weighted by atomic mass is 32.2. The van der Waals surface area contributed by atoms with Crippen LogP contribution >= 0.6 is 11.8 Å². The molecule has 0 spiro atoms. The molecule has 9 nitrogen and oxygen atoms in total. The number of fused-ring (bicyclic) bond motifs is 4. The molecule has 1 aromatic carbocycles. The van der Waals surface area contributed by atoms with E-state index in [-0.39, 0.29) is 17.0 Å². The van der Waals surface area contributed by atoms with Crippen molar-refractivity contribution in [3.63, 3.8) is 0 Å². The molecular formula is C25H22N4O5S. The number of imidazole rings is 1. The molecule has 1 fully saturated rings. The third kappa shape index (κ3) is 3.88. The summed E-state index contributed by atoms with van der Waals surface area (Å²) in [4.78, 5) is 34.4. The molecule has 4 heterocycles. The molecule has 0 radical (unpaired) electrons. The summed E-state index contributed by atoms with van der Waals surface area (Å²) in [5, 5.41) is 10.4. The Labute approximate surface area is 205 Å². The van der Waals surface area contributed by atoms with E-state index >= 15 is 0 Å². The number of nitrogens with zero attached hydrogens (tertiary/aromatic N) is 4. The Bertz CT molecular complexity index is 1400. The summed E-state index contributed by atoms with van der Waals surface area (Å²) >= 11 is 1.31. The van der Waals surface area contributed by atoms with Crippen molar-refractivity contribution in [1.29, 1.82) is 0 Å². The second-order valence-corrected chi connectivity index (χ2v) is 9.44. The molecule has 2 aliphatic heterocycles. The number of hydrogen-bond donors (Lipinski definition) is 1. The molecule has 1 amide bonds. The highest BCUT2D eigenvalue weighted by molar-refractivity contribution is 8.03. The Morgan fingerprint density at radius 2 is 2.06 bits per heavy atom. The number of amides is 1. The fraction of sp³-hybridized carbons (Fsp3) is 0.280. The lowest BCUT2D eigenvalue weighted by molar-refractivity contribution is -0.141. The van der Waals surface area contributed by atoms with Gasteiger partial charge in [0.2, 0.25) is 11.7 Å². The number of β-lactam (4-membered cyclic amide) rings is 1. The first-order chi connectivity index (χ1) is 17.1. The molecule has 178 valence electrons. The van der Waals surface area contributed by atoms with E-state index in [0.29, 0.717) is 42.7 Å². The van der Waals surface area contributed by atoms with Crippen molar-refractivity contribution in [1.82, 2.24) is 19.3 Å². The number of carboxylic acids is 1. The van der Waals surface area contributed by atoms with Gasteiger partial charge >= 0.3 is 5.97 Å². The summed E-state index contributed by atoms with van der Waals surface area (Å²) in [6.45, 7) is 1.38. The van der Waals surface area contributed by atoms with E-state index in [1.165, 1.54) is 22.1 Å². The van der Waals surface area contributed by atoms with Crippen LogP contribution in [-0.4, -0.2) is 54.8 Å². The van der Waals surface area contributed by atoms with Gasteiger partial charge < -0.3 is 14.6 Å². The van der Waals surface area contributed by atoms with Gasteiger partial charge in [-0.15, -0.1) is 11.8 Å². The van der Waals surface area contributed by atoms with Crippen molar-refractivity contribution in [2.24, 2.45) is 0 Å². The van der Waals surface area contributed by atoms with Crippen LogP contribution in [0.2, 0.25) is 0 Å². The number of aryl methyl sites for hydroxylation is 1. The van der Waals surface area contributed by atoms with Gasteiger partial charge in [0.15, 0.2) is 0 Å². The highest BCUT2D eigenvalue weighted by Gasteiger charge is 2.49. The van der Waals surface area contributed by atoms with E-state index in [4.69, 9.17) is 9.47 Å². The quantitative estimate of drug-likeness (QED) is 0.292. The first-order valence-corrected chi connectivity index (χ1v) is 12.3. The molecule has 0 bridgehead atoms. The van der Waals surface area contributed by atoms with Crippen LogP contribution < -0.4 is 4.74 Å². The smallest absolute Gasteiger partial charge is 0.353 e. The summed E-state index contributed by atoms with van der Waals surface area (Å²) in [5.41, 5.74) is 4.50. The van der Waals surface area contributed by atoms with Crippen LogP contribution in [0.5, 0.6) is 5.88 Å². The van der Waals surface area contributed by atoms with Crippen molar-refractivity contribution < 1.29 is 24.2 Å². The number of benzene rings is 1. The predicted octanol–water partition coefficient (Wildman–Crippen LogP) is 3.04. The van der Waals surface area contributed by atoms with Crippen molar-refractivity contribution in [2.45, 2.75) is 31.2 Å². The van der Waals surface area contributed by atoms with Crippen LogP contribution in [0.4, 0.5) is 0 Å². The number of aliphatic carboxylic acids is 1. The average Bonchev–Trinajstić information content (AvgIpc) is 3.59. The molecule has 10 heteroatoms. The lowest BCUT2D eigenvalue weighted by Crippen LogP contribution is -2.51. The summed E-state index contributed by atoms with van der Waals surface area (Å²) in [7, 11) is 0. The number of thioether (sulfide) groups is 1. The van der Waals surface area contributed by atoms with E-state index in [1.54, 1.807) is 6.08 Å². The summed E-state index contributed by atoms with van der Waals surface area (Å²) in [6, 6.07) is 10.00. The lowest BCUT2D eigenvalue weighted by atomic mass is 10.0. The number of hydrogen-bond acceptors (Lipinski definition) is 7. The Morgan fingerprint density at radius 3 is 2.89 bits per heavy atom. The molecular weight excluding hydrogens is 468 g/mol. The zero-order valence-corrected chi connectivity index (χ0v) is 19.5. The molecule has 35 heavy (non-hydrogen) atoms. The van der Waals surface area contributed by atoms with E-state index < -0.39 is 5.97 Å². The zero-order chi connectivity index (χ0) is 23.9. The van der Waals surface area contributed by atoms with Crippen LogP contribution in [0.15, 0.2) is 53.2 Å². The van der Waals surface area contributed by atoms with Crippen LogP contribution in [0.3, 0.4) is 0 Å². The number of rotatable bonds is 8. The van der Waals surface area contributed by atoms with E-state index in [2.05, 4.69) is 9.97 Å². The minimum atomic E-state index is -1.10. The van der Waals surface area contributed by atoms with Gasteiger partial charge in [0.1, 0.15) is 17.7 Å². The van der Waals surface area contributed by atoms with Crippen LogP contribution in [0, 0.1) is 0 Å². The number of carboxylic acid groups (broad SMARTS) is 1. The Kier molecular flexibility index (Phi) is 5.54. The van der Waals surface area contributed by atoms with Crippen molar-refractivity contribution in [2.75, 3.05) is 13.2 Å². The summed E-state index contributed by atoms with van der Waals surface area (Å²) in [6.07, 6.45) is 6.42. The Hall–Kier alpha value is -3.63. The Morgan fingerprint density at radius 1 is 1.20 bits per heavy atom. The number of aromatic nitrogens is 3. The van der Waals surface area contributed by atoms with Gasteiger partial charge in [0.05, 0.1) is 24.5 Å². The molecule has 1 N–H and O–H groups in total. The molecule has 2 aromatic heterocycles. The molecule has 3 aromatic rings. The maximum absolute atomic E-state index is 12.5. The SMILES string of the molecule is O=C(O)C1=CS[C@@H]2C(=Cc3cn4c5c(c(OCCOCc6ccccc6)nc4n3)CCC5)C(=O)N12. The average molecular weight is 491 g/mol. The summed E-state index contributed by atoms with van der Waals surface area (Å²) < 4.78 is 13.7. The molecule has 0 unspecified atom stereocenters. The second-order valence-electron chi connectivity index (χ2n) is 8.49. The van der Waals surface area contributed by atoms with E-state index in [9.17, 15) is 14.7 Å².